The minimum absolute atomic E-state index is 0.404. The second-order valence-corrected chi connectivity index (χ2v) is 5.32. The van der Waals surface area contributed by atoms with Crippen molar-refractivity contribution in [2.75, 3.05) is 13.7 Å². The maximum absolute atomic E-state index is 12.2. The minimum Gasteiger partial charge on any atom is -0.467 e. The van der Waals surface area contributed by atoms with Crippen LogP contribution in [0.4, 0.5) is 0 Å². The number of ether oxygens (including phenoxy) is 2. The summed E-state index contributed by atoms with van der Waals surface area (Å²) >= 11 is 0. The van der Waals surface area contributed by atoms with E-state index in [0.29, 0.717) is 19.5 Å². The molecule has 2 atom stereocenters. The highest BCUT2D eigenvalue weighted by Gasteiger charge is 2.53. The van der Waals surface area contributed by atoms with Crippen molar-refractivity contribution in [2.24, 2.45) is 0 Å². The average molecular weight is 307 g/mol. The van der Waals surface area contributed by atoms with E-state index in [1.54, 1.807) is 12.0 Å². The topological polar surface area (TPSA) is 65.1 Å². The second kappa shape index (κ2) is 6.89. The van der Waals surface area contributed by atoms with Crippen LogP contribution in [0.5, 0.6) is 0 Å². The van der Waals surface area contributed by atoms with E-state index in [1.807, 2.05) is 30.3 Å². The van der Waals surface area contributed by atoms with Crippen LogP contribution in [0.3, 0.4) is 0 Å². The largest absolute Gasteiger partial charge is 0.467 e. The van der Waals surface area contributed by atoms with Gasteiger partial charge in [-0.1, -0.05) is 30.3 Å². The van der Waals surface area contributed by atoms with Gasteiger partial charge in [0.25, 0.3) is 0 Å². The molecule has 0 radical (unpaired) electrons. The summed E-state index contributed by atoms with van der Waals surface area (Å²) < 4.78 is 10.0. The molecule has 0 aliphatic carbocycles. The van der Waals surface area contributed by atoms with Gasteiger partial charge in [-0.25, -0.2) is 4.79 Å². The first-order chi connectivity index (χ1) is 10.5. The maximum atomic E-state index is 12.2. The number of hydrogen-bond acceptors (Lipinski definition) is 6. The van der Waals surface area contributed by atoms with Crippen LogP contribution in [0.1, 0.15) is 25.8 Å². The molecule has 120 valence electrons. The van der Waals surface area contributed by atoms with E-state index in [2.05, 4.69) is 0 Å². The summed E-state index contributed by atoms with van der Waals surface area (Å²) in [5, 5.41) is 1.70. The lowest BCUT2D eigenvalue weighted by atomic mass is 9.94. The van der Waals surface area contributed by atoms with Gasteiger partial charge in [0.1, 0.15) is 6.10 Å². The number of rotatable bonds is 5. The predicted molar refractivity (Wildman–Crippen MR) is 78.5 cm³/mol. The van der Waals surface area contributed by atoms with E-state index in [0.717, 1.165) is 5.56 Å². The monoisotopic (exact) mass is 307 g/mol. The molecule has 1 fully saturated rings. The molecule has 0 aromatic heterocycles. The number of methoxy groups -OCH3 is 1. The molecule has 6 heteroatoms. The first kappa shape index (κ1) is 16.5. The molecule has 22 heavy (non-hydrogen) atoms. The minimum atomic E-state index is -1.28. The molecule has 0 amide bonds. The van der Waals surface area contributed by atoms with Gasteiger partial charge in [-0.05, 0) is 12.5 Å². The van der Waals surface area contributed by atoms with Gasteiger partial charge in [-0.3, -0.25) is 9.63 Å². The molecule has 2 rings (SSSR count). The Morgan fingerprint density at radius 3 is 2.64 bits per heavy atom. The van der Waals surface area contributed by atoms with Crippen LogP contribution in [0, 0.1) is 0 Å². The normalized spacial score (nSPS) is 23.0. The molecular formula is C16H21NO5. The van der Waals surface area contributed by atoms with Crippen molar-refractivity contribution >= 4 is 11.9 Å². The van der Waals surface area contributed by atoms with Gasteiger partial charge in [0.05, 0.1) is 7.11 Å². The van der Waals surface area contributed by atoms with Crippen molar-refractivity contribution in [3.8, 4) is 0 Å². The van der Waals surface area contributed by atoms with E-state index < -0.39 is 23.6 Å². The number of esters is 2. The van der Waals surface area contributed by atoms with Crippen molar-refractivity contribution in [1.82, 2.24) is 5.06 Å². The van der Waals surface area contributed by atoms with Gasteiger partial charge in [-0.2, -0.15) is 5.06 Å². The molecule has 1 heterocycles. The smallest absolute Gasteiger partial charge is 0.344 e. The van der Waals surface area contributed by atoms with Crippen LogP contribution >= 0.6 is 0 Å². The van der Waals surface area contributed by atoms with Gasteiger partial charge in [0.2, 0.25) is 5.60 Å². The third-order valence-electron chi connectivity index (χ3n) is 3.76. The zero-order valence-corrected chi connectivity index (χ0v) is 13.1. The fourth-order valence-corrected chi connectivity index (χ4v) is 2.61. The summed E-state index contributed by atoms with van der Waals surface area (Å²) in [6.07, 6.45) is -0.320. The van der Waals surface area contributed by atoms with Gasteiger partial charge < -0.3 is 9.47 Å². The van der Waals surface area contributed by atoms with Gasteiger partial charge in [-0.15, -0.1) is 0 Å². The molecular weight excluding hydrogens is 286 g/mol. The molecule has 0 N–H and O–H groups in total. The van der Waals surface area contributed by atoms with Gasteiger partial charge in [0.15, 0.2) is 0 Å². The van der Waals surface area contributed by atoms with E-state index in [1.165, 1.54) is 14.0 Å². The number of hydroxylamine groups is 2. The average Bonchev–Trinajstić information content (AvgIpc) is 2.92. The predicted octanol–water partition coefficient (Wildman–Crippen LogP) is 1.69. The van der Waals surface area contributed by atoms with Gasteiger partial charge >= 0.3 is 11.9 Å². The highest BCUT2D eigenvalue weighted by molar-refractivity contribution is 5.81. The molecule has 1 saturated heterocycles. The molecule has 1 aliphatic rings. The third-order valence-corrected chi connectivity index (χ3v) is 3.76. The molecule has 0 spiro atoms. The Labute approximate surface area is 129 Å². The summed E-state index contributed by atoms with van der Waals surface area (Å²) in [6.45, 7) is 4.05. The summed E-state index contributed by atoms with van der Waals surface area (Å²) in [7, 11) is 1.30. The lowest BCUT2D eigenvalue weighted by Crippen LogP contribution is -2.51. The summed E-state index contributed by atoms with van der Waals surface area (Å²) in [5.74, 6) is -0.988. The molecule has 1 aromatic carbocycles. The van der Waals surface area contributed by atoms with Crippen LogP contribution in [0.15, 0.2) is 30.3 Å². The van der Waals surface area contributed by atoms with Crippen molar-refractivity contribution in [3.63, 3.8) is 0 Å². The van der Waals surface area contributed by atoms with Crippen LogP contribution in [0.2, 0.25) is 0 Å². The molecule has 0 bridgehead atoms. The van der Waals surface area contributed by atoms with Crippen molar-refractivity contribution in [1.29, 1.82) is 0 Å². The molecule has 1 aromatic rings. The molecule has 1 aliphatic heterocycles. The third kappa shape index (κ3) is 3.45. The number of hydrogen-bond donors (Lipinski definition) is 0. The Hall–Kier alpha value is -1.92. The van der Waals surface area contributed by atoms with E-state index in [9.17, 15) is 9.59 Å². The Morgan fingerprint density at radius 1 is 1.36 bits per heavy atom. The SMILES string of the molecule is COC(=O)[C@]1([C@H](C)OC(C)=O)CCN(Cc2ccccc2)O1. The van der Waals surface area contributed by atoms with Crippen LogP contribution in [-0.2, 0) is 30.4 Å². The molecule has 6 nitrogen and oxygen atoms in total. The number of carbonyl (C=O) groups is 2. The standard InChI is InChI=1S/C16H21NO5/c1-12(21-13(2)18)16(15(19)20-3)9-10-17(22-16)11-14-7-5-4-6-8-14/h4-8,12H,9-11H2,1-3H3/t12-,16+/m0/s1. The summed E-state index contributed by atoms with van der Waals surface area (Å²) in [5.41, 5.74) is -0.210. The lowest BCUT2D eigenvalue weighted by molar-refractivity contribution is -0.240. The van der Waals surface area contributed by atoms with E-state index in [-0.39, 0.29) is 0 Å². The highest BCUT2D eigenvalue weighted by Crippen LogP contribution is 2.33. The van der Waals surface area contributed by atoms with Crippen molar-refractivity contribution < 1.29 is 23.9 Å². The first-order valence-corrected chi connectivity index (χ1v) is 7.21. The Bertz CT molecular complexity index is 533. The van der Waals surface area contributed by atoms with Crippen molar-refractivity contribution in [2.45, 2.75) is 38.5 Å². The molecule has 0 saturated carbocycles. The maximum Gasteiger partial charge on any atom is 0.344 e. The fraction of sp³-hybridized carbons (Fsp3) is 0.500. The van der Waals surface area contributed by atoms with Crippen LogP contribution < -0.4 is 0 Å². The number of carbonyl (C=O) groups excluding carboxylic acids is 2. The Morgan fingerprint density at radius 2 is 2.05 bits per heavy atom. The zero-order chi connectivity index (χ0) is 16.2. The fourth-order valence-electron chi connectivity index (χ4n) is 2.61. The molecule has 0 unspecified atom stereocenters. The second-order valence-electron chi connectivity index (χ2n) is 5.32. The van der Waals surface area contributed by atoms with E-state index >= 15 is 0 Å². The quantitative estimate of drug-likeness (QED) is 0.771. The lowest BCUT2D eigenvalue weighted by Gasteiger charge is -2.31. The Balaban J connectivity index is 2.12. The highest BCUT2D eigenvalue weighted by atomic mass is 16.7. The summed E-state index contributed by atoms with van der Waals surface area (Å²) in [4.78, 5) is 29.2. The Kier molecular flexibility index (Phi) is 5.15. The van der Waals surface area contributed by atoms with Gasteiger partial charge in [0, 0.05) is 26.4 Å². The number of benzene rings is 1. The number of nitrogens with zero attached hydrogens (tertiary/aromatic N) is 1. The van der Waals surface area contributed by atoms with Crippen molar-refractivity contribution in [3.05, 3.63) is 35.9 Å². The van der Waals surface area contributed by atoms with Crippen LogP contribution in [-0.4, -0.2) is 42.4 Å². The summed E-state index contributed by atoms with van der Waals surface area (Å²) in [6, 6.07) is 9.80. The first-order valence-electron chi connectivity index (χ1n) is 7.21. The van der Waals surface area contributed by atoms with Crippen LogP contribution in [0.25, 0.3) is 0 Å². The van der Waals surface area contributed by atoms with E-state index in [4.69, 9.17) is 14.3 Å². The zero-order valence-electron chi connectivity index (χ0n) is 13.1.